The van der Waals surface area contributed by atoms with Crippen LogP contribution >= 0.6 is 0 Å². The fourth-order valence-electron chi connectivity index (χ4n) is 3.77. The monoisotopic (exact) mass is 476 g/mol. The molecule has 1 aliphatic rings. The molecule has 0 bridgehead atoms. The van der Waals surface area contributed by atoms with Crippen LogP contribution in [0.2, 0.25) is 0 Å². The van der Waals surface area contributed by atoms with Gasteiger partial charge in [0.2, 0.25) is 5.91 Å². The number of nitrogens with zero attached hydrogens (tertiary/aromatic N) is 5. The van der Waals surface area contributed by atoms with Gasteiger partial charge in [-0.3, -0.25) is 14.8 Å². The lowest BCUT2D eigenvalue weighted by atomic mass is 10.1. The summed E-state index contributed by atoms with van der Waals surface area (Å²) in [5.41, 5.74) is 2.49. The van der Waals surface area contributed by atoms with Crippen LogP contribution in [0.1, 0.15) is 26.2 Å². The number of amides is 1. The number of nitrogens with one attached hydrogen (secondary N) is 1. The third kappa shape index (κ3) is 6.75. The van der Waals surface area contributed by atoms with E-state index in [0.29, 0.717) is 48.2 Å². The Kier molecular flexibility index (Phi) is 9.11. The van der Waals surface area contributed by atoms with E-state index in [2.05, 4.69) is 27.0 Å². The predicted octanol–water partition coefficient (Wildman–Crippen LogP) is 4.59. The van der Waals surface area contributed by atoms with Crippen molar-refractivity contribution in [3.8, 4) is 11.5 Å². The highest BCUT2D eigenvalue weighted by molar-refractivity contribution is 5.85. The number of hydrogen-bond donors (Lipinski definition) is 1. The zero-order valence-corrected chi connectivity index (χ0v) is 20.7. The van der Waals surface area contributed by atoms with Crippen LogP contribution in [-0.4, -0.2) is 63.9 Å². The van der Waals surface area contributed by atoms with Crippen LogP contribution in [0.3, 0.4) is 0 Å². The molecule has 9 heteroatoms. The first-order valence-corrected chi connectivity index (χ1v) is 11.4. The first kappa shape index (κ1) is 25.6. The van der Waals surface area contributed by atoms with Crippen molar-refractivity contribution in [1.82, 2.24) is 10.3 Å². The molecule has 2 heterocycles. The van der Waals surface area contributed by atoms with E-state index in [4.69, 9.17) is 14.5 Å². The highest BCUT2D eigenvalue weighted by Gasteiger charge is 2.25. The average molecular weight is 477 g/mol. The van der Waals surface area contributed by atoms with Gasteiger partial charge in [0.15, 0.2) is 5.82 Å². The number of pyridine rings is 1. The minimum absolute atomic E-state index is 0.0150. The van der Waals surface area contributed by atoms with Gasteiger partial charge in [-0.25, -0.2) is 9.98 Å². The Labute approximate surface area is 206 Å². The van der Waals surface area contributed by atoms with Gasteiger partial charge in [0.25, 0.3) is 0 Å². The number of benzene rings is 1. The number of anilines is 2. The first-order chi connectivity index (χ1) is 17.0. The molecule has 1 saturated heterocycles. The van der Waals surface area contributed by atoms with Crippen molar-refractivity contribution in [1.29, 1.82) is 0 Å². The Morgan fingerprint density at radius 1 is 1.26 bits per heavy atom. The topological polar surface area (TPSA) is 101 Å². The molecule has 1 amide bonds. The summed E-state index contributed by atoms with van der Waals surface area (Å²) in [4.78, 5) is 31.3. The van der Waals surface area contributed by atoms with Crippen LogP contribution in [0.5, 0.6) is 11.5 Å². The van der Waals surface area contributed by atoms with E-state index in [-0.39, 0.29) is 11.9 Å². The van der Waals surface area contributed by atoms with Crippen LogP contribution in [-0.2, 0) is 4.79 Å². The number of methoxy groups -OCH3 is 2. The summed E-state index contributed by atoms with van der Waals surface area (Å²) in [6.45, 7) is 6.18. The van der Waals surface area contributed by atoms with Crippen LogP contribution in [0.4, 0.5) is 23.0 Å². The first-order valence-electron chi connectivity index (χ1n) is 11.4. The summed E-state index contributed by atoms with van der Waals surface area (Å²) in [7, 11) is 4.95. The molecule has 1 fully saturated rings. The van der Waals surface area contributed by atoms with Gasteiger partial charge >= 0.3 is 0 Å². The number of aliphatic imine (C=N–C) groups is 3. The average Bonchev–Trinajstić information content (AvgIpc) is 3.30. The van der Waals surface area contributed by atoms with Crippen LogP contribution in [0.15, 0.2) is 57.0 Å². The lowest BCUT2D eigenvalue weighted by Crippen LogP contribution is -2.36. The smallest absolute Gasteiger partial charge is 0.220 e. The Balaban J connectivity index is 1.97. The quantitative estimate of drug-likeness (QED) is 0.478. The molecule has 1 aliphatic heterocycles. The molecule has 1 aromatic carbocycles. The van der Waals surface area contributed by atoms with Crippen molar-refractivity contribution >= 4 is 48.1 Å². The maximum absolute atomic E-state index is 11.8. The molecule has 0 radical (unpaired) electrons. The van der Waals surface area contributed by atoms with E-state index >= 15 is 0 Å². The maximum atomic E-state index is 11.8. The van der Waals surface area contributed by atoms with Crippen LogP contribution in [0, 0.1) is 0 Å². The lowest BCUT2D eigenvalue weighted by molar-refractivity contribution is -0.119. The molecular formula is C26H32N6O3. The molecule has 0 aliphatic carbocycles. The Morgan fingerprint density at radius 3 is 2.57 bits per heavy atom. The van der Waals surface area contributed by atoms with Crippen molar-refractivity contribution in [3.05, 3.63) is 42.0 Å². The SMILES string of the molecule is C=Nc1nc(N(CC2CCC(=O)N2)c2cc(OC)cc(OC)c2)ccc1/N=C\CC(/C=N\C)=C/C. The fraction of sp³-hybridized carbons (Fsp3) is 0.346. The van der Waals surface area contributed by atoms with Gasteiger partial charge in [-0.15, -0.1) is 0 Å². The van der Waals surface area contributed by atoms with E-state index in [0.717, 1.165) is 17.7 Å². The van der Waals surface area contributed by atoms with Crippen molar-refractivity contribution in [2.45, 2.75) is 32.2 Å². The molecule has 1 unspecified atom stereocenters. The highest BCUT2D eigenvalue weighted by atomic mass is 16.5. The second-order valence-corrected chi connectivity index (χ2v) is 7.92. The molecule has 3 rings (SSSR count). The molecular weight excluding hydrogens is 444 g/mol. The number of carbonyl (C=O) groups is 1. The van der Waals surface area contributed by atoms with Gasteiger partial charge < -0.3 is 19.7 Å². The summed E-state index contributed by atoms with van der Waals surface area (Å²) in [5, 5.41) is 3.03. The summed E-state index contributed by atoms with van der Waals surface area (Å²) in [6, 6.07) is 9.35. The van der Waals surface area contributed by atoms with Crippen LogP contribution < -0.4 is 19.7 Å². The van der Waals surface area contributed by atoms with E-state index in [1.807, 2.05) is 54.4 Å². The molecule has 0 spiro atoms. The van der Waals surface area contributed by atoms with E-state index in [9.17, 15) is 4.79 Å². The second kappa shape index (κ2) is 12.5. The Morgan fingerprint density at radius 2 is 2.00 bits per heavy atom. The van der Waals surface area contributed by atoms with Gasteiger partial charge in [-0.1, -0.05) is 6.08 Å². The van der Waals surface area contributed by atoms with E-state index in [1.165, 1.54) is 0 Å². The van der Waals surface area contributed by atoms with Crippen molar-refractivity contribution in [3.63, 3.8) is 0 Å². The van der Waals surface area contributed by atoms with Gasteiger partial charge in [0, 0.05) is 68.8 Å². The molecule has 184 valence electrons. The number of hydrogen-bond acceptors (Lipinski definition) is 8. The molecule has 9 nitrogen and oxygen atoms in total. The summed E-state index contributed by atoms with van der Waals surface area (Å²) in [5.74, 6) is 2.42. The minimum atomic E-state index is -0.0150. The van der Waals surface area contributed by atoms with Gasteiger partial charge in [0.1, 0.15) is 23.0 Å². The third-order valence-corrected chi connectivity index (χ3v) is 5.63. The van der Waals surface area contributed by atoms with Crippen molar-refractivity contribution < 1.29 is 14.3 Å². The molecule has 35 heavy (non-hydrogen) atoms. The largest absolute Gasteiger partial charge is 0.497 e. The Bertz CT molecular complexity index is 1120. The standard InChI is InChI=1S/C26H32N6O3/c1-6-18(16-27-2)11-12-29-23-8-9-24(31-26(23)28-3)32(17-19-7-10-25(33)30-19)20-13-21(34-4)15-22(14-20)35-5/h6,8-9,12-16,19H,3,7,10-11,17H2,1-2,4-5H3,(H,30,33)/b18-6-,27-16-,29-12-. The maximum Gasteiger partial charge on any atom is 0.220 e. The number of rotatable bonds is 11. The fourth-order valence-corrected chi connectivity index (χ4v) is 3.77. The second-order valence-electron chi connectivity index (χ2n) is 7.92. The summed E-state index contributed by atoms with van der Waals surface area (Å²) in [6.07, 6.45) is 7.51. The van der Waals surface area contributed by atoms with E-state index in [1.54, 1.807) is 27.5 Å². The summed E-state index contributed by atoms with van der Waals surface area (Å²) >= 11 is 0. The number of ether oxygens (including phenoxy) is 2. The normalized spacial score (nSPS) is 16.1. The zero-order chi connectivity index (χ0) is 25.2. The van der Waals surface area contributed by atoms with Gasteiger partial charge in [-0.05, 0) is 37.8 Å². The van der Waals surface area contributed by atoms with E-state index < -0.39 is 0 Å². The Hall–Kier alpha value is -4.01. The third-order valence-electron chi connectivity index (χ3n) is 5.63. The molecule has 2 aromatic rings. The predicted molar refractivity (Wildman–Crippen MR) is 142 cm³/mol. The van der Waals surface area contributed by atoms with Crippen LogP contribution in [0.25, 0.3) is 0 Å². The van der Waals surface area contributed by atoms with Crippen molar-refractivity contribution in [2.75, 3.05) is 32.7 Å². The number of allylic oxidation sites excluding steroid dienone is 2. The molecule has 0 saturated carbocycles. The zero-order valence-electron chi connectivity index (χ0n) is 20.7. The van der Waals surface area contributed by atoms with Gasteiger partial charge in [0.05, 0.1) is 14.2 Å². The minimum Gasteiger partial charge on any atom is -0.497 e. The lowest BCUT2D eigenvalue weighted by Gasteiger charge is -2.28. The number of carbonyl (C=O) groups excluding carboxylic acids is 1. The summed E-state index contributed by atoms with van der Waals surface area (Å²) < 4.78 is 10.9. The van der Waals surface area contributed by atoms with Gasteiger partial charge in [-0.2, -0.15) is 0 Å². The number of aromatic nitrogens is 1. The molecule has 1 atom stereocenters. The molecule has 1 N–H and O–H groups in total. The van der Waals surface area contributed by atoms with Crippen molar-refractivity contribution in [2.24, 2.45) is 15.0 Å². The molecule has 1 aromatic heterocycles. The highest BCUT2D eigenvalue weighted by Crippen LogP contribution is 2.35.